The Bertz CT molecular complexity index is 661. The lowest BCUT2D eigenvalue weighted by molar-refractivity contribution is -0.885. The fourth-order valence-corrected chi connectivity index (χ4v) is 3.97. The molecule has 2 N–H and O–H groups in total. The van der Waals surface area contributed by atoms with Crippen LogP contribution in [0.3, 0.4) is 0 Å². The van der Waals surface area contributed by atoms with E-state index >= 15 is 0 Å². The molecule has 1 saturated heterocycles. The molecule has 0 bridgehead atoms. The van der Waals surface area contributed by atoms with Crippen molar-refractivity contribution in [2.24, 2.45) is 5.92 Å². The number of quaternary nitrogens is 1. The van der Waals surface area contributed by atoms with Crippen molar-refractivity contribution in [1.29, 1.82) is 0 Å². The molecule has 0 saturated carbocycles. The largest absolute Gasteiger partial charge is 0.372 e. The SMILES string of the molecule is CC1CCN(c2ccc(NC(=O)C[NH+](C)Cc3ccsc3)cc2)CC1. The minimum atomic E-state index is 0.0623. The van der Waals surface area contributed by atoms with Gasteiger partial charge in [-0.3, -0.25) is 4.79 Å². The van der Waals surface area contributed by atoms with Crippen LogP contribution >= 0.6 is 11.3 Å². The maximum atomic E-state index is 12.2. The number of hydrogen-bond acceptors (Lipinski definition) is 3. The van der Waals surface area contributed by atoms with Gasteiger partial charge < -0.3 is 15.1 Å². The highest BCUT2D eigenvalue weighted by atomic mass is 32.1. The zero-order valence-corrected chi connectivity index (χ0v) is 15.9. The first-order valence-corrected chi connectivity index (χ1v) is 10.0. The Balaban J connectivity index is 1.48. The lowest BCUT2D eigenvalue weighted by Gasteiger charge is -2.32. The summed E-state index contributed by atoms with van der Waals surface area (Å²) >= 11 is 1.70. The van der Waals surface area contributed by atoms with E-state index in [-0.39, 0.29) is 5.91 Å². The number of rotatable bonds is 6. The average molecular weight is 359 g/mol. The normalized spacial score (nSPS) is 16.6. The molecule has 0 radical (unpaired) electrons. The van der Waals surface area contributed by atoms with Gasteiger partial charge in [0.05, 0.1) is 7.05 Å². The number of nitrogens with zero attached hydrogens (tertiary/aromatic N) is 1. The van der Waals surface area contributed by atoms with Gasteiger partial charge in [-0.2, -0.15) is 11.3 Å². The number of hydrogen-bond donors (Lipinski definition) is 2. The zero-order chi connectivity index (χ0) is 17.6. The maximum Gasteiger partial charge on any atom is 0.279 e. The lowest BCUT2D eigenvalue weighted by atomic mass is 9.99. The third kappa shape index (κ3) is 5.31. The van der Waals surface area contributed by atoms with Crippen LogP contribution in [0.2, 0.25) is 0 Å². The van der Waals surface area contributed by atoms with E-state index in [0.717, 1.165) is 31.2 Å². The van der Waals surface area contributed by atoms with Crippen molar-refractivity contribution in [1.82, 2.24) is 0 Å². The number of carbonyl (C=O) groups is 1. The lowest BCUT2D eigenvalue weighted by Crippen LogP contribution is -3.08. The number of carbonyl (C=O) groups excluding carboxylic acids is 1. The second-order valence-corrected chi connectivity index (χ2v) is 7.99. The van der Waals surface area contributed by atoms with Gasteiger partial charge in [0.15, 0.2) is 6.54 Å². The van der Waals surface area contributed by atoms with Crippen molar-refractivity contribution >= 4 is 28.6 Å². The maximum absolute atomic E-state index is 12.2. The van der Waals surface area contributed by atoms with Gasteiger partial charge in [-0.25, -0.2) is 0 Å². The topological polar surface area (TPSA) is 36.8 Å². The number of benzene rings is 1. The summed E-state index contributed by atoms with van der Waals surface area (Å²) in [5, 5.41) is 7.23. The molecule has 5 heteroatoms. The Morgan fingerprint density at radius 1 is 1.24 bits per heavy atom. The predicted molar refractivity (Wildman–Crippen MR) is 105 cm³/mol. The Labute approximate surface area is 154 Å². The summed E-state index contributed by atoms with van der Waals surface area (Å²) in [4.78, 5) is 15.9. The molecule has 1 aliphatic heterocycles. The summed E-state index contributed by atoms with van der Waals surface area (Å²) in [5.74, 6) is 0.899. The fraction of sp³-hybridized carbons (Fsp3) is 0.450. The number of piperidine rings is 1. The van der Waals surface area contributed by atoms with Crippen LogP contribution in [-0.2, 0) is 11.3 Å². The molecule has 2 heterocycles. The molecule has 0 aliphatic carbocycles. The Hall–Kier alpha value is -1.85. The van der Waals surface area contributed by atoms with Crippen LogP contribution in [0.15, 0.2) is 41.1 Å². The number of nitrogens with one attached hydrogen (secondary N) is 2. The highest BCUT2D eigenvalue weighted by Crippen LogP contribution is 2.24. The molecule has 1 unspecified atom stereocenters. The molecule has 4 nitrogen and oxygen atoms in total. The van der Waals surface area contributed by atoms with Crippen LogP contribution in [0.5, 0.6) is 0 Å². The zero-order valence-electron chi connectivity index (χ0n) is 15.1. The van der Waals surface area contributed by atoms with E-state index in [2.05, 4.69) is 53.1 Å². The third-order valence-electron chi connectivity index (χ3n) is 4.85. The molecular weight excluding hydrogens is 330 g/mol. The third-order valence-corrected chi connectivity index (χ3v) is 5.58. The molecular formula is C20H28N3OS+. The van der Waals surface area contributed by atoms with Gasteiger partial charge in [-0.15, -0.1) is 0 Å². The summed E-state index contributed by atoms with van der Waals surface area (Å²) < 4.78 is 0. The van der Waals surface area contributed by atoms with E-state index in [0.29, 0.717) is 6.54 Å². The summed E-state index contributed by atoms with van der Waals surface area (Å²) in [6.45, 7) is 5.94. The van der Waals surface area contributed by atoms with Gasteiger partial charge in [-0.05, 0) is 59.9 Å². The van der Waals surface area contributed by atoms with Gasteiger partial charge in [0.1, 0.15) is 6.54 Å². The molecule has 1 fully saturated rings. The number of anilines is 2. The van der Waals surface area contributed by atoms with Crippen LogP contribution in [0.1, 0.15) is 25.3 Å². The Morgan fingerprint density at radius 2 is 1.96 bits per heavy atom. The quantitative estimate of drug-likeness (QED) is 0.833. The summed E-state index contributed by atoms with van der Waals surface area (Å²) in [5.41, 5.74) is 3.42. The second kappa shape index (κ2) is 8.50. The van der Waals surface area contributed by atoms with Gasteiger partial charge in [0.2, 0.25) is 0 Å². The minimum Gasteiger partial charge on any atom is -0.372 e. The van der Waals surface area contributed by atoms with Crippen molar-refractivity contribution in [2.45, 2.75) is 26.3 Å². The fourth-order valence-electron chi connectivity index (χ4n) is 3.31. The van der Waals surface area contributed by atoms with Gasteiger partial charge >= 0.3 is 0 Å². The smallest absolute Gasteiger partial charge is 0.279 e. The van der Waals surface area contributed by atoms with Crippen molar-refractivity contribution < 1.29 is 9.69 Å². The van der Waals surface area contributed by atoms with Gasteiger partial charge in [0.25, 0.3) is 5.91 Å². The Kier molecular flexibility index (Phi) is 6.10. The number of likely N-dealkylation sites (N-methyl/N-ethyl adjacent to an activating group) is 1. The van der Waals surface area contributed by atoms with Crippen LogP contribution in [0, 0.1) is 5.92 Å². The molecule has 1 amide bonds. The van der Waals surface area contributed by atoms with Gasteiger partial charge in [0, 0.05) is 30.0 Å². The van der Waals surface area contributed by atoms with Crippen LogP contribution in [0.4, 0.5) is 11.4 Å². The minimum absolute atomic E-state index is 0.0623. The van der Waals surface area contributed by atoms with Crippen molar-refractivity contribution in [3.05, 3.63) is 46.7 Å². The van der Waals surface area contributed by atoms with Gasteiger partial charge in [-0.1, -0.05) is 6.92 Å². The predicted octanol–water partition coefficient (Wildman–Crippen LogP) is 2.64. The highest BCUT2D eigenvalue weighted by molar-refractivity contribution is 7.07. The first-order chi connectivity index (χ1) is 12.1. The first kappa shape index (κ1) is 18.0. The summed E-state index contributed by atoms with van der Waals surface area (Å²) in [6.07, 6.45) is 2.52. The van der Waals surface area contributed by atoms with E-state index in [4.69, 9.17) is 0 Å². The van der Waals surface area contributed by atoms with Crippen LogP contribution in [-0.4, -0.2) is 32.6 Å². The van der Waals surface area contributed by atoms with Crippen molar-refractivity contribution in [3.8, 4) is 0 Å². The Morgan fingerprint density at radius 3 is 2.60 bits per heavy atom. The second-order valence-electron chi connectivity index (χ2n) is 7.21. The highest BCUT2D eigenvalue weighted by Gasteiger charge is 2.16. The molecule has 1 aliphatic rings. The van der Waals surface area contributed by atoms with E-state index in [1.54, 1.807) is 11.3 Å². The average Bonchev–Trinajstić information content (AvgIpc) is 3.09. The number of amides is 1. The standard InChI is InChI=1S/C20H27N3OS/c1-16-7-10-23(11-8-16)19-5-3-18(4-6-19)21-20(24)14-22(2)13-17-9-12-25-15-17/h3-6,9,12,15-16H,7-8,10-11,13-14H2,1-2H3,(H,21,24)/p+1. The molecule has 0 spiro atoms. The molecule has 2 aromatic rings. The van der Waals surface area contributed by atoms with Crippen LogP contribution in [0.25, 0.3) is 0 Å². The molecule has 1 aromatic carbocycles. The van der Waals surface area contributed by atoms with Crippen LogP contribution < -0.4 is 15.1 Å². The number of thiophene rings is 1. The summed E-state index contributed by atoms with van der Waals surface area (Å²) in [6, 6.07) is 10.4. The van der Waals surface area contributed by atoms with E-state index in [9.17, 15) is 4.79 Å². The molecule has 3 rings (SSSR count). The summed E-state index contributed by atoms with van der Waals surface area (Å²) in [7, 11) is 2.05. The van der Waals surface area contributed by atoms with Crippen molar-refractivity contribution in [3.63, 3.8) is 0 Å². The van der Waals surface area contributed by atoms with E-state index in [1.807, 2.05) is 12.1 Å². The van der Waals surface area contributed by atoms with Crippen molar-refractivity contribution in [2.75, 3.05) is 36.9 Å². The molecule has 25 heavy (non-hydrogen) atoms. The van der Waals surface area contributed by atoms with E-state index < -0.39 is 0 Å². The first-order valence-electron chi connectivity index (χ1n) is 9.07. The molecule has 134 valence electrons. The molecule has 1 atom stereocenters. The van der Waals surface area contributed by atoms with E-state index in [1.165, 1.54) is 29.0 Å². The monoisotopic (exact) mass is 358 g/mol. The molecule has 1 aromatic heterocycles.